The van der Waals surface area contributed by atoms with Gasteiger partial charge in [-0.05, 0) is 38.2 Å². The smallest absolute Gasteiger partial charge is 0.255 e. The number of ether oxygens (including phenoxy) is 2. The van der Waals surface area contributed by atoms with E-state index < -0.39 is 36.4 Å². The van der Waals surface area contributed by atoms with Crippen LogP contribution in [0.25, 0.3) is 22.3 Å². The number of methoxy groups -OCH3 is 1. The molecule has 0 radical (unpaired) electrons. The van der Waals surface area contributed by atoms with Crippen LogP contribution in [0.3, 0.4) is 0 Å². The minimum absolute atomic E-state index is 0.0278. The van der Waals surface area contributed by atoms with E-state index in [0.29, 0.717) is 52.8 Å². The summed E-state index contributed by atoms with van der Waals surface area (Å²) >= 11 is 0. The van der Waals surface area contributed by atoms with Crippen LogP contribution in [-0.4, -0.2) is 87.4 Å². The van der Waals surface area contributed by atoms with Gasteiger partial charge in [0.15, 0.2) is 11.6 Å². The highest BCUT2D eigenvalue weighted by Crippen LogP contribution is 2.39. The number of likely N-dealkylation sites (tertiary alicyclic amines) is 1. The van der Waals surface area contributed by atoms with E-state index in [1.54, 1.807) is 6.92 Å². The van der Waals surface area contributed by atoms with Crippen LogP contribution in [0.1, 0.15) is 35.3 Å². The standard InChI is InChI=1S/C26H30FN5O6/c1-13-22(26(36)31-17-9-32(21(35)10-33)6-5-18(17)34)24-25(30-13)23(28-12-29-24)15-7-20(37-2)16(27)8-19(15)38-11-14-3-4-14/h7-8,12,14,17-18,30,33-34H,3-6,9-11H2,1-2H3,(H,31,36)/t17-,18-/m0/s1. The molecule has 202 valence electrons. The molecular weight excluding hydrogens is 497 g/mol. The van der Waals surface area contributed by atoms with Crippen LogP contribution in [-0.2, 0) is 4.79 Å². The van der Waals surface area contributed by atoms with Gasteiger partial charge >= 0.3 is 0 Å². The lowest BCUT2D eigenvalue weighted by Crippen LogP contribution is -2.56. The predicted molar refractivity (Wildman–Crippen MR) is 134 cm³/mol. The van der Waals surface area contributed by atoms with Crippen molar-refractivity contribution in [1.82, 2.24) is 25.2 Å². The third-order valence-electron chi connectivity index (χ3n) is 7.06. The van der Waals surface area contributed by atoms with E-state index in [0.717, 1.165) is 12.8 Å². The molecule has 5 rings (SSSR count). The van der Waals surface area contributed by atoms with Crippen molar-refractivity contribution in [3.05, 3.63) is 35.5 Å². The number of aliphatic hydroxyl groups excluding tert-OH is 2. The van der Waals surface area contributed by atoms with Crippen molar-refractivity contribution in [2.45, 2.75) is 38.3 Å². The Morgan fingerprint density at radius 3 is 2.74 bits per heavy atom. The van der Waals surface area contributed by atoms with Crippen LogP contribution in [0, 0.1) is 18.7 Å². The molecule has 1 saturated carbocycles. The Balaban J connectivity index is 1.49. The van der Waals surface area contributed by atoms with Gasteiger partial charge in [0.2, 0.25) is 5.91 Å². The Labute approximate surface area is 218 Å². The number of fused-ring (bicyclic) bond motifs is 1. The first-order chi connectivity index (χ1) is 18.3. The molecule has 1 aliphatic heterocycles. The van der Waals surface area contributed by atoms with E-state index in [9.17, 15) is 24.2 Å². The van der Waals surface area contributed by atoms with Gasteiger partial charge in [0, 0.05) is 30.4 Å². The second-order valence-corrected chi connectivity index (χ2v) is 9.74. The topological polar surface area (TPSA) is 150 Å². The van der Waals surface area contributed by atoms with E-state index in [2.05, 4.69) is 20.3 Å². The number of nitrogens with zero attached hydrogens (tertiary/aromatic N) is 3. The van der Waals surface area contributed by atoms with Crippen LogP contribution in [0.15, 0.2) is 18.5 Å². The Morgan fingerprint density at radius 2 is 2.03 bits per heavy atom. The third-order valence-corrected chi connectivity index (χ3v) is 7.06. The molecule has 0 unspecified atom stereocenters. The minimum atomic E-state index is -0.852. The first kappa shape index (κ1) is 25.9. The number of aromatic amines is 1. The van der Waals surface area contributed by atoms with Crippen molar-refractivity contribution in [2.24, 2.45) is 5.92 Å². The summed E-state index contributed by atoms with van der Waals surface area (Å²) < 4.78 is 25.7. The lowest BCUT2D eigenvalue weighted by Gasteiger charge is -2.36. The molecule has 38 heavy (non-hydrogen) atoms. The van der Waals surface area contributed by atoms with Gasteiger partial charge < -0.3 is 34.9 Å². The van der Waals surface area contributed by atoms with Crippen molar-refractivity contribution in [3.8, 4) is 22.8 Å². The molecule has 3 heterocycles. The second kappa shape index (κ2) is 10.5. The monoisotopic (exact) mass is 527 g/mol. The maximum Gasteiger partial charge on any atom is 0.255 e. The molecule has 2 amide bonds. The molecule has 1 aliphatic carbocycles. The number of nitrogens with one attached hydrogen (secondary N) is 2. The summed E-state index contributed by atoms with van der Waals surface area (Å²) in [5.74, 6) is -0.726. The van der Waals surface area contributed by atoms with Gasteiger partial charge in [0.05, 0.1) is 36.9 Å². The number of carbonyl (C=O) groups excluding carboxylic acids is 2. The molecular formula is C26H30FN5O6. The maximum atomic E-state index is 14.6. The number of piperidine rings is 1. The van der Waals surface area contributed by atoms with Gasteiger partial charge in [-0.15, -0.1) is 0 Å². The van der Waals surface area contributed by atoms with Crippen molar-refractivity contribution in [2.75, 3.05) is 33.4 Å². The summed E-state index contributed by atoms with van der Waals surface area (Å²) in [6.45, 7) is 1.91. The van der Waals surface area contributed by atoms with Crippen molar-refractivity contribution in [3.63, 3.8) is 0 Å². The van der Waals surface area contributed by atoms with Gasteiger partial charge in [-0.25, -0.2) is 14.4 Å². The summed E-state index contributed by atoms with van der Waals surface area (Å²) in [4.78, 5) is 38.7. The number of aliphatic hydroxyl groups is 2. The molecule has 2 atom stereocenters. The maximum absolute atomic E-state index is 14.6. The first-order valence-electron chi connectivity index (χ1n) is 12.5. The summed E-state index contributed by atoms with van der Waals surface area (Å²) in [5, 5.41) is 22.4. The molecule has 1 saturated heterocycles. The van der Waals surface area contributed by atoms with E-state index in [-0.39, 0.29) is 24.3 Å². The molecule has 2 fully saturated rings. The molecule has 4 N–H and O–H groups in total. The average molecular weight is 528 g/mol. The van der Waals surface area contributed by atoms with Crippen LogP contribution >= 0.6 is 0 Å². The lowest BCUT2D eigenvalue weighted by molar-refractivity contribution is -0.136. The van der Waals surface area contributed by atoms with Gasteiger partial charge in [-0.1, -0.05) is 0 Å². The number of hydrogen-bond donors (Lipinski definition) is 4. The zero-order valence-corrected chi connectivity index (χ0v) is 21.2. The lowest BCUT2D eigenvalue weighted by atomic mass is 10.0. The van der Waals surface area contributed by atoms with E-state index in [1.165, 1.54) is 30.5 Å². The van der Waals surface area contributed by atoms with Crippen molar-refractivity contribution in [1.29, 1.82) is 0 Å². The number of halogens is 1. The van der Waals surface area contributed by atoms with Crippen molar-refractivity contribution >= 4 is 22.8 Å². The Morgan fingerprint density at radius 1 is 1.24 bits per heavy atom. The molecule has 0 spiro atoms. The zero-order valence-electron chi connectivity index (χ0n) is 21.2. The van der Waals surface area contributed by atoms with E-state index in [4.69, 9.17) is 9.47 Å². The normalized spacial score (nSPS) is 19.4. The highest BCUT2D eigenvalue weighted by Gasteiger charge is 2.33. The predicted octanol–water partition coefficient (Wildman–Crippen LogP) is 1.55. The summed E-state index contributed by atoms with van der Waals surface area (Å²) in [7, 11) is 1.37. The second-order valence-electron chi connectivity index (χ2n) is 9.74. The largest absolute Gasteiger partial charge is 0.494 e. The fraction of sp³-hybridized carbons (Fsp3) is 0.462. The molecule has 0 bridgehead atoms. The number of aromatic nitrogens is 3. The van der Waals surface area contributed by atoms with Crippen LogP contribution in [0.5, 0.6) is 11.5 Å². The van der Waals surface area contributed by atoms with Gasteiger partial charge in [-0.2, -0.15) is 0 Å². The quantitative estimate of drug-likeness (QED) is 0.345. The number of H-pyrrole nitrogens is 1. The molecule has 12 heteroatoms. The van der Waals surface area contributed by atoms with Gasteiger partial charge in [0.25, 0.3) is 5.91 Å². The number of benzene rings is 1. The number of aryl methyl sites for hydroxylation is 1. The fourth-order valence-electron chi connectivity index (χ4n) is 4.74. The first-order valence-corrected chi connectivity index (χ1v) is 12.5. The molecule has 1 aromatic carbocycles. The highest BCUT2D eigenvalue weighted by molar-refractivity contribution is 6.09. The van der Waals surface area contributed by atoms with Crippen LogP contribution < -0.4 is 14.8 Å². The average Bonchev–Trinajstić information content (AvgIpc) is 3.67. The Kier molecular flexibility index (Phi) is 7.17. The summed E-state index contributed by atoms with van der Waals surface area (Å²) in [6, 6.07) is 2.07. The zero-order chi connectivity index (χ0) is 27.0. The van der Waals surface area contributed by atoms with Crippen LogP contribution in [0.4, 0.5) is 4.39 Å². The fourth-order valence-corrected chi connectivity index (χ4v) is 4.74. The summed E-state index contributed by atoms with van der Waals surface area (Å²) in [6.07, 6.45) is 2.88. The van der Waals surface area contributed by atoms with E-state index in [1.807, 2.05) is 0 Å². The number of carbonyl (C=O) groups is 2. The molecule has 3 aromatic rings. The van der Waals surface area contributed by atoms with E-state index >= 15 is 0 Å². The SMILES string of the molecule is COc1cc(-c2ncnc3c(C(=O)N[C@H]4CN(C(=O)CO)CC[C@@H]4O)c(C)[nH]c23)c(OCC2CC2)cc1F. The van der Waals surface area contributed by atoms with Crippen LogP contribution in [0.2, 0.25) is 0 Å². The molecule has 2 aliphatic rings. The molecule has 11 nitrogen and oxygen atoms in total. The van der Waals surface area contributed by atoms with Gasteiger partial charge in [0.1, 0.15) is 29.9 Å². The Bertz CT molecular complexity index is 1370. The van der Waals surface area contributed by atoms with Gasteiger partial charge in [-0.3, -0.25) is 9.59 Å². The third kappa shape index (κ3) is 5.01. The highest BCUT2D eigenvalue weighted by atomic mass is 19.1. The number of hydrogen-bond acceptors (Lipinski definition) is 8. The number of rotatable bonds is 8. The Hall–Kier alpha value is -3.77. The minimum Gasteiger partial charge on any atom is -0.494 e. The number of amides is 2. The molecule has 2 aromatic heterocycles. The van der Waals surface area contributed by atoms with Crippen molar-refractivity contribution < 1.29 is 33.7 Å². The summed E-state index contributed by atoms with van der Waals surface area (Å²) in [5.41, 5.74) is 2.48.